The zero-order valence-electron chi connectivity index (χ0n) is 9.98. The van der Waals surface area contributed by atoms with Crippen molar-refractivity contribution in [1.82, 2.24) is 0 Å². The van der Waals surface area contributed by atoms with Crippen LogP contribution in [0.2, 0.25) is 0 Å². The molecule has 0 unspecified atom stereocenters. The average molecular weight is 264 g/mol. The van der Waals surface area contributed by atoms with Gasteiger partial charge in [-0.3, -0.25) is 0 Å². The van der Waals surface area contributed by atoms with Gasteiger partial charge in [0.2, 0.25) is 0 Å². The van der Waals surface area contributed by atoms with Crippen LogP contribution in [0.1, 0.15) is 15.9 Å². The van der Waals surface area contributed by atoms with Gasteiger partial charge in [-0.25, -0.2) is 13.6 Å². The van der Waals surface area contributed by atoms with E-state index in [1.165, 1.54) is 12.1 Å². The molecular weight excluding hydrogens is 254 g/mol. The number of carboxylic acids is 1. The number of halogens is 2. The van der Waals surface area contributed by atoms with Crippen LogP contribution in [0, 0.1) is 18.6 Å². The third kappa shape index (κ3) is 3.07. The number of benzene rings is 2. The second kappa shape index (κ2) is 5.06. The minimum absolute atomic E-state index is 0.0693. The van der Waals surface area contributed by atoms with Gasteiger partial charge in [-0.1, -0.05) is 6.07 Å². The molecule has 0 atom stereocenters. The molecular formula is C14H10F2O3. The maximum atomic E-state index is 13.6. The van der Waals surface area contributed by atoms with Gasteiger partial charge in [-0.15, -0.1) is 0 Å². The molecule has 19 heavy (non-hydrogen) atoms. The third-order valence-electron chi connectivity index (χ3n) is 2.43. The van der Waals surface area contributed by atoms with Crippen LogP contribution >= 0.6 is 0 Å². The van der Waals surface area contributed by atoms with Crippen molar-refractivity contribution < 1.29 is 23.4 Å². The molecule has 1 N–H and O–H groups in total. The normalized spacial score (nSPS) is 10.3. The molecule has 0 saturated heterocycles. The summed E-state index contributed by atoms with van der Waals surface area (Å²) in [4.78, 5) is 10.8. The number of aryl methyl sites for hydroxylation is 1. The van der Waals surface area contributed by atoms with Crippen LogP contribution in [0.5, 0.6) is 11.5 Å². The number of ether oxygens (including phenoxy) is 1. The molecule has 0 heterocycles. The lowest BCUT2D eigenvalue weighted by molar-refractivity contribution is 0.0696. The average Bonchev–Trinajstić information content (AvgIpc) is 2.32. The van der Waals surface area contributed by atoms with E-state index in [2.05, 4.69) is 0 Å². The lowest BCUT2D eigenvalue weighted by atomic mass is 10.2. The number of carboxylic acid groups (broad SMARTS) is 1. The molecule has 0 fully saturated rings. The minimum Gasteiger partial charge on any atom is -0.478 e. The third-order valence-corrected chi connectivity index (χ3v) is 2.43. The summed E-state index contributed by atoms with van der Waals surface area (Å²) >= 11 is 0. The van der Waals surface area contributed by atoms with Gasteiger partial charge in [0.25, 0.3) is 0 Å². The zero-order chi connectivity index (χ0) is 14.0. The Morgan fingerprint density at radius 3 is 2.53 bits per heavy atom. The first-order valence-electron chi connectivity index (χ1n) is 5.43. The Labute approximate surface area is 108 Å². The Morgan fingerprint density at radius 2 is 1.89 bits per heavy atom. The summed E-state index contributed by atoms with van der Waals surface area (Å²) in [5.74, 6) is -2.80. The van der Waals surface area contributed by atoms with E-state index in [-0.39, 0.29) is 17.1 Å². The predicted molar refractivity (Wildman–Crippen MR) is 64.6 cm³/mol. The van der Waals surface area contributed by atoms with E-state index >= 15 is 0 Å². The maximum Gasteiger partial charge on any atom is 0.335 e. The number of aromatic carboxylic acids is 1. The fourth-order valence-corrected chi connectivity index (χ4v) is 1.56. The molecule has 3 nitrogen and oxygen atoms in total. The highest BCUT2D eigenvalue weighted by atomic mass is 19.1. The quantitative estimate of drug-likeness (QED) is 0.918. The van der Waals surface area contributed by atoms with Crippen LogP contribution in [0.15, 0.2) is 36.4 Å². The van der Waals surface area contributed by atoms with E-state index < -0.39 is 17.6 Å². The first-order chi connectivity index (χ1) is 8.95. The van der Waals surface area contributed by atoms with E-state index in [9.17, 15) is 13.6 Å². The first kappa shape index (κ1) is 13.0. The van der Waals surface area contributed by atoms with Crippen molar-refractivity contribution in [1.29, 1.82) is 0 Å². The van der Waals surface area contributed by atoms with E-state index in [4.69, 9.17) is 9.84 Å². The second-order valence-electron chi connectivity index (χ2n) is 4.02. The summed E-state index contributed by atoms with van der Waals surface area (Å²) in [6, 6.07) is 7.29. The Morgan fingerprint density at radius 1 is 1.16 bits per heavy atom. The van der Waals surface area contributed by atoms with E-state index in [0.29, 0.717) is 0 Å². The van der Waals surface area contributed by atoms with Crippen molar-refractivity contribution in [3.05, 3.63) is 59.2 Å². The van der Waals surface area contributed by atoms with Gasteiger partial charge in [-0.05, 0) is 36.8 Å². The van der Waals surface area contributed by atoms with Crippen LogP contribution < -0.4 is 4.74 Å². The Balaban J connectivity index is 2.35. The lowest BCUT2D eigenvalue weighted by Gasteiger charge is -2.08. The largest absolute Gasteiger partial charge is 0.478 e. The van der Waals surface area contributed by atoms with Gasteiger partial charge in [-0.2, -0.15) is 0 Å². The molecule has 0 aromatic heterocycles. The van der Waals surface area contributed by atoms with Crippen molar-refractivity contribution in [3.8, 4) is 11.5 Å². The van der Waals surface area contributed by atoms with E-state index in [1.807, 2.05) is 0 Å². The standard InChI is InChI=1S/C14H10F2O3/c1-8-2-3-13(12(16)4-8)19-11-6-9(14(17)18)5-10(15)7-11/h2-7H,1H3,(H,17,18). The van der Waals surface area contributed by atoms with Gasteiger partial charge in [0.05, 0.1) is 5.56 Å². The van der Waals surface area contributed by atoms with Crippen molar-refractivity contribution in [2.45, 2.75) is 6.92 Å². The molecule has 2 aromatic rings. The molecule has 0 aliphatic carbocycles. The highest BCUT2D eigenvalue weighted by Gasteiger charge is 2.10. The van der Waals surface area contributed by atoms with Crippen LogP contribution in [0.3, 0.4) is 0 Å². The first-order valence-corrected chi connectivity index (χ1v) is 5.43. The van der Waals surface area contributed by atoms with Crippen molar-refractivity contribution in [2.24, 2.45) is 0 Å². The number of hydrogen-bond acceptors (Lipinski definition) is 2. The molecule has 0 amide bonds. The fourth-order valence-electron chi connectivity index (χ4n) is 1.56. The topological polar surface area (TPSA) is 46.5 Å². The minimum atomic E-state index is -1.28. The number of hydrogen-bond donors (Lipinski definition) is 1. The van der Waals surface area contributed by atoms with Crippen LogP contribution in [-0.4, -0.2) is 11.1 Å². The van der Waals surface area contributed by atoms with Crippen molar-refractivity contribution in [2.75, 3.05) is 0 Å². The zero-order valence-corrected chi connectivity index (χ0v) is 9.98. The molecule has 0 aliphatic heterocycles. The molecule has 0 aliphatic rings. The van der Waals surface area contributed by atoms with E-state index in [0.717, 1.165) is 23.8 Å². The monoisotopic (exact) mass is 264 g/mol. The van der Waals surface area contributed by atoms with Crippen LogP contribution in [0.25, 0.3) is 0 Å². The van der Waals surface area contributed by atoms with Gasteiger partial charge in [0.15, 0.2) is 11.6 Å². The molecule has 2 aromatic carbocycles. The summed E-state index contributed by atoms with van der Waals surface area (Å²) in [6.45, 7) is 1.72. The second-order valence-corrected chi connectivity index (χ2v) is 4.02. The molecule has 0 radical (unpaired) electrons. The van der Waals surface area contributed by atoms with Gasteiger partial charge in [0.1, 0.15) is 11.6 Å². The highest BCUT2D eigenvalue weighted by Crippen LogP contribution is 2.26. The highest BCUT2D eigenvalue weighted by molar-refractivity contribution is 5.88. The summed E-state index contributed by atoms with van der Waals surface area (Å²) < 4.78 is 31.9. The molecule has 0 saturated carbocycles. The maximum absolute atomic E-state index is 13.6. The molecule has 5 heteroatoms. The van der Waals surface area contributed by atoms with E-state index in [1.54, 1.807) is 13.0 Å². The predicted octanol–water partition coefficient (Wildman–Crippen LogP) is 3.76. The van der Waals surface area contributed by atoms with Crippen LogP contribution in [-0.2, 0) is 0 Å². The fraction of sp³-hybridized carbons (Fsp3) is 0.0714. The lowest BCUT2D eigenvalue weighted by Crippen LogP contribution is -1.98. The van der Waals surface area contributed by atoms with Gasteiger partial charge in [0, 0.05) is 6.07 Å². The van der Waals surface area contributed by atoms with Gasteiger partial charge >= 0.3 is 5.97 Å². The molecule has 0 bridgehead atoms. The van der Waals surface area contributed by atoms with Gasteiger partial charge < -0.3 is 9.84 Å². The summed E-state index contributed by atoms with van der Waals surface area (Å²) in [5, 5.41) is 8.79. The molecule has 0 spiro atoms. The Bertz CT molecular complexity index is 639. The summed E-state index contributed by atoms with van der Waals surface area (Å²) in [7, 11) is 0. The summed E-state index contributed by atoms with van der Waals surface area (Å²) in [5.41, 5.74) is 0.456. The van der Waals surface area contributed by atoms with Crippen LogP contribution in [0.4, 0.5) is 8.78 Å². The van der Waals surface area contributed by atoms with Crippen molar-refractivity contribution in [3.63, 3.8) is 0 Å². The number of carbonyl (C=O) groups is 1. The molecule has 2 rings (SSSR count). The molecule has 98 valence electrons. The smallest absolute Gasteiger partial charge is 0.335 e. The summed E-state index contributed by atoms with van der Waals surface area (Å²) in [6.07, 6.45) is 0. The number of rotatable bonds is 3. The Kier molecular flexibility index (Phi) is 3.46. The SMILES string of the molecule is Cc1ccc(Oc2cc(F)cc(C(=O)O)c2)c(F)c1. The Hall–Kier alpha value is -2.43. The van der Waals surface area contributed by atoms with Crippen molar-refractivity contribution >= 4 is 5.97 Å².